The van der Waals surface area contributed by atoms with Gasteiger partial charge in [-0.3, -0.25) is 0 Å². The van der Waals surface area contributed by atoms with Crippen molar-refractivity contribution in [2.75, 3.05) is 0 Å². The maximum atomic E-state index is 12.8. The van der Waals surface area contributed by atoms with Gasteiger partial charge in [-0.15, -0.1) is 13.2 Å². The van der Waals surface area contributed by atoms with Crippen molar-refractivity contribution in [3.05, 3.63) is 47.8 Å². The first-order valence-electron chi connectivity index (χ1n) is 5.94. The standard InChI is InChI=1S/C14H6F6N2O/c15-13(16,17)8-5-10(11(6-21)22-7-8)9-3-1-2-4-12(9)23-14(18,19)20/h1-5,7H. The molecule has 2 rings (SSSR count). The maximum Gasteiger partial charge on any atom is 0.573 e. The first-order valence-corrected chi connectivity index (χ1v) is 5.94. The van der Waals surface area contributed by atoms with Gasteiger partial charge >= 0.3 is 12.5 Å². The number of benzene rings is 1. The highest BCUT2D eigenvalue weighted by Crippen LogP contribution is 2.37. The summed E-state index contributed by atoms with van der Waals surface area (Å²) in [6.07, 6.45) is -9.34. The average Bonchev–Trinajstić information content (AvgIpc) is 2.44. The number of alkyl halides is 6. The summed E-state index contributed by atoms with van der Waals surface area (Å²) in [6, 6.07) is 6.68. The number of aromatic nitrogens is 1. The minimum absolute atomic E-state index is 0.319. The van der Waals surface area contributed by atoms with Gasteiger partial charge < -0.3 is 4.74 Å². The number of hydrogen-bond donors (Lipinski definition) is 0. The normalized spacial score (nSPS) is 11.9. The van der Waals surface area contributed by atoms with Crippen LogP contribution in [0.25, 0.3) is 11.1 Å². The molecular weight excluding hydrogens is 326 g/mol. The summed E-state index contributed by atoms with van der Waals surface area (Å²) in [4.78, 5) is 3.36. The number of nitriles is 1. The molecule has 1 heterocycles. The van der Waals surface area contributed by atoms with Crippen molar-refractivity contribution in [1.82, 2.24) is 4.98 Å². The molecule has 9 heteroatoms. The van der Waals surface area contributed by atoms with E-state index in [1.807, 2.05) is 0 Å². The second kappa shape index (κ2) is 5.79. The molecule has 0 atom stereocenters. The van der Waals surface area contributed by atoms with Gasteiger partial charge in [-0.25, -0.2) is 4.98 Å². The molecule has 23 heavy (non-hydrogen) atoms. The van der Waals surface area contributed by atoms with E-state index in [2.05, 4.69) is 9.72 Å². The monoisotopic (exact) mass is 332 g/mol. The fraction of sp³-hybridized carbons (Fsp3) is 0.143. The van der Waals surface area contributed by atoms with Crippen LogP contribution in [0.15, 0.2) is 36.5 Å². The Hall–Kier alpha value is -2.76. The number of para-hydroxylation sites is 1. The van der Waals surface area contributed by atoms with E-state index in [0.29, 0.717) is 12.3 Å². The molecule has 120 valence electrons. The minimum Gasteiger partial charge on any atom is -0.405 e. The van der Waals surface area contributed by atoms with Gasteiger partial charge in [0.2, 0.25) is 0 Å². The van der Waals surface area contributed by atoms with E-state index in [9.17, 15) is 26.3 Å². The largest absolute Gasteiger partial charge is 0.573 e. The molecule has 0 fully saturated rings. The maximum absolute atomic E-state index is 12.8. The molecule has 0 bridgehead atoms. The fourth-order valence-corrected chi connectivity index (χ4v) is 1.82. The Morgan fingerprint density at radius 1 is 1.00 bits per heavy atom. The smallest absolute Gasteiger partial charge is 0.405 e. The van der Waals surface area contributed by atoms with Crippen molar-refractivity contribution in [2.45, 2.75) is 12.5 Å². The van der Waals surface area contributed by atoms with Gasteiger partial charge in [0.1, 0.15) is 17.5 Å². The Balaban J connectivity index is 2.65. The van der Waals surface area contributed by atoms with Gasteiger partial charge in [0.05, 0.1) is 5.56 Å². The number of rotatable bonds is 2. The van der Waals surface area contributed by atoms with Crippen molar-refractivity contribution in [2.24, 2.45) is 0 Å². The molecule has 0 saturated heterocycles. The topological polar surface area (TPSA) is 45.9 Å². The van der Waals surface area contributed by atoms with Gasteiger partial charge in [0, 0.05) is 17.3 Å². The van der Waals surface area contributed by atoms with Crippen molar-refractivity contribution in [1.29, 1.82) is 5.26 Å². The molecule has 3 nitrogen and oxygen atoms in total. The number of hydrogen-bond acceptors (Lipinski definition) is 3. The quantitative estimate of drug-likeness (QED) is 0.759. The summed E-state index contributed by atoms with van der Waals surface area (Å²) < 4.78 is 79.3. The lowest BCUT2D eigenvalue weighted by molar-refractivity contribution is -0.274. The fourth-order valence-electron chi connectivity index (χ4n) is 1.82. The van der Waals surface area contributed by atoms with Crippen LogP contribution >= 0.6 is 0 Å². The minimum atomic E-state index is -5.03. The van der Waals surface area contributed by atoms with Gasteiger partial charge in [0.15, 0.2) is 0 Å². The van der Waals surface area contributed by atoms with Crippen LogP contribution < -0.4 is 4.74 Å². The van der Waals surface area contributed by atoms with E-state index in [-0.39, 0.29) is 5.56 Å². The van der Waals surface area contributed by atoms with Gasteiger partial charge in [-0.05, 0) is 12.1 Å². The molecule has 0 aliphatic heterocycles. The lowest BCUT2D eigenvalue weighted by Gasteiger charge is -2.15. The zero-order chi connectivity index (χ0) is 17.3. The van der Waals surface area contributed by atoms with Crippen LogP contribution in [-0.4, -0.2) is 11.3 Å². The third-order valence-corrected chi connectivity index (χ3v) is 2.72. The van der Waals surface area contributed by atoms with E-state index in [0.717, 1.165) is 12.1 Å². The van der Waals surface area contributed by atoms with Crippen LogP contribution in [0.2, 0.25) is 0 Å². The third-order valence-electron chi connectivity index (χ3n) is 2.72. The van der Waals surface area contributed by atoms with Crippen molar-refractivity contribution >= 4 is 0 Å². The zero-order valence-corrected chi connectivity index (χ0v) is 11.0. The van der Waals surface area contributed by atoms with Crippen LogP contribution in [0.1, 0.15) is 11.3 Å². The molecule has 0 aliphatic carbocycles. The van der Waals surface area contributed by atoms with E-state index in [4.69, 9.17) is 5.26 Å². The predicted octanol–water partition coefficient (Wildman–Crippen LogP) is 4.54. The number of pyridine rings is 1. The summed E-state index contributed by atoms with van der Waals surface area (Å²) in [5.41, 5.74) is -2.35. The van der Waals surface area contributed by atoms with Crippen LogP contribution in [-0.2, 0) is 6.18 Å². The Labute approximate surface area is 125 Å². The van der Waals surface area contributed by atoms with Crippen molar-refractivity contribution in [3.63, 3.8) is 0 Å². The summed E-state index contributed by atoms with van der Waals surface area (Å²) in [7, 11) is 0. The summed E-state index contributed by atoms with van der Waals surface area (Å²) >= 11 is 0. The molecule has 0 saturated carbocycles. The molecule has 0 amide bonds. The second-order valence-electron chi connectivity index (χ2n) is 4.27. The Bertz CT molecular complexity index is 761. The van der Waals surface area contributed by atoms with Crippen LogP contribution in [0.4, 0.5) is 26.3 Å². The summed E-state index contributed by atoms with van der Waals surface area (Å²) in [5.74, 6) is -0.724. The third kappa shape index (κ3) is 3.91. The van der Waals surface area contributed by atoms with E-state index < -0.39 is 35.1 Å². The number of ether oxygens (including phenoxy) is 1. The van der Waals surface area contributed by atoms with Crippen LogP contribution in [0, 0.1) is 11.3 Å². The highest BCUT2D eigenvalue weighted by Gasteiger charge is 2.34. The second-order valence-corrected chi connectivity index (χ2v) is 4.27. The first-order chi connectivity index (χ1) is 10.6. The molecule has 0 unspecified atom stereocenters. The highest BCUT2D eigenvalue weighted by atomic mass is 19.4. The van der Waals surface area contributed by atoms with Crippen molar-refractivity contribution in [3.8, 4) is 22.9 Å². The molecule has 1 aromatic carbocycles. The Morgan fingerprint density at radius 3 is 2.22 bits per heavy atom. The zero-order valence-electron chi connectivity index (χ0n) is 11.0. The van der Waals surface area contributed by atoms with Crippen molar-refractivity contribution < 1.29 is 31.1 Å². The van der Waals surface area contributed by atoms with E-state index in [1.165, 1.54) is 12.1 Å². The lowest BCUT2D eigenvalue weighted by atomic mass is 10.0. The molecular formula is C14H6F6N2O. The molecule has 0 radical (unpaired) electrons. The van der Waals surface area contributed by atoms with E-state index >= 15 is 0 Å². The lowest BCUT2D eigenvalue weighted by Crippen LogP contribution is -2.17. The molecule has 0 spiro atoms. The first kappa shape index (κ1) is 16.6. The van der Waals surface area contributed by atoms with Crippen LogP contribution in [0.5, 0.6) is 5.75 Å². The molecule has 2 aromatic rings. The van der Waals surface area contributed by atoms with Gasteiger partial charge in [-0.2, -0.15) is 18.4 Å². The van der Waals surface area contributed by atoms with Crippen LogP contribution in [0.3, 0.4) is 0 Å². The Morgan fingerprint density at radius 2 is 1.65 bits per heavy atom. The molecule has 1 aromatic heterocycles. The predicted molar refractivity (Wildman–Crippen MR) is 66.1 cm³/mol. The Kier molecular flexibility index (Phi) is 4.18. The highest BCUT2D eigenvalue weighted by molar-refractivity contribution is 5.74. The molecule has 0 N–H and O–H groups in total. The average molecular weight is 332 g/mol. The number of halogens is 6. The SMILES string of the molecule is N#Cc1ncc(C(F)(F)F)cc1-c1ccccc1OC(F)(F)F. The number of nitrogens with zero attached hydrogens (tertiary/aromatic N) is 2. The van der Waals surface area contributed by atoms with Gasteiger partial charge in [0.25, 0.3) is 0 Å². The molecule has 0 aliphatic rings. The summed E-state index contributed by atoms with van der Waals surface area (Å²) in [6.45, 7) is 0. The van der Waals surface area contributed by atoms with Gasteiger partial charge in [-0.1, -0.05) is 18.2 Å². The van der Waals surface area contributed by atoms with E-state index in [1.54, 1.807) is 6.07 Å². The summed E-state index contributed by atoms with van der Waals surface area (Å²) in [5, 5.41) is 8.94.